The largest absolute Gasteiger partial charge is 0.505 e. The second-order valence-electron chi connectivity index (χ2n) is 4.34. The number of nitrogen functional groups attached to an aromatic ring is 1. The Labute approximate surface area is 100 Å². The van der Waals surface area contributed by atoms with Gasteiger partial charge in [0.25, 0.3) is 5.91 Å². The number of anilines is 1. The number of nitrogens with zero attached hydrogens (tertiary/aromatic N) is 2. The SMILES string of the molecule is CN1CCN(C(=O)c2cccc(N)c2O)CC1. The van der Waals surface area contributed by atoms with Gasteiger partial charge in [0.1, 0.15) is 0 Å². The van der Waals surface area contributed by atoms with Crippen molar-refractivity contribution in [2.24, 2.45) is 0 Å². The van der Waals surface area contributed by atoms with Gasteiger partial charge in [-0.15, -0.1) is 0 Å². The molecule has 92 valence electrons. The van der Waals surface area contributed by atoms with Crippen LogP contribution in [0, 0.1) is 0 Å². The molecule has 1 aromatic carbocycles. The Hall–Kier alpha value is -1.75. The molecule has 3 N–H and O–H groups in total. The fraction of sp³-hybridized carbons (Fsp3) is 0.417. The van der Waals surface area contributed by atoms with E-state index in [4.69, 9.17) is 5.73 Å². The van der Waals surface area contributed by atoms with Crippen molar-refractivity contribution in [1.82, 2.24) is 9.80 Å². The van der Waals surface area contributed by atoms with Crippen LogP contribution < -0.4 is 5.73 Å². The van der Waals surface area contributed by atoms with E-state index in [2.05, 4.69) is 4.90 Å². The molecule has 0 bridgehead atoms. The van der Waals surface area contributed by atoms with Crippen molar-refractivity contribution in [3.63, 3.8) is 0 Å². The minimum atomic E-state index is -0.150. The molecule has 0 unspecified atom stereocenters. The number of phenols is 1. The molecule has 0 aliphatic carbocycles. The van der Waals surface area contributed by atoms with Crippen LogP contribution >= 0.6 is 0 Å². The molecule has 1 amide bonds. The number of hydrogen-bond donors (Lipinski definition) is 2. The molecular weight excluding hydrogens is 218 g/mol. The van der Waals surface area contributed by atoms with Crippen LogP contribution in [-0.4, -0.2) is 54.0 Å². The van der Waals surface area contributed by atoms with Crippen LogP contribution in [0.3, 0.4) is 0 Å². The molecule has 1 saturated heterocycles. The van der Waals surface area contributed by atoms with E-state index < -0.39 is 0 Å². The summed E-state index contributed by atoms with van der Waals surface area (Å²) >= 11 is 0. The number of carbonyl (C=O) groups is 1. The molecule has 2 rings (SSSR count). The number of rotatable bonds is 1. The zero-order valence-corrected chi connectivity index (χ0v) is 9.89. The highest BCUT2D eigenvalue weighted by molar-refractivity contribution is 5.98. The van der Waals surface area contributed by atoms with Gasteiger partial charge in [-0.1, -0.05) is 6.07 Å². The number of likely N-dealkylation sites (N-methyl/N-ethyl adjacent to an activating group) is 1. The van der Waals surface area contributed by atoms with Crippen molar-refractivity contribution in [3.05, 3.63) is 23.8 Å². The predicted molar refractivity (Wildman–Crippen MR) is 65.9 cm³/mol. The summed E-state index contributed by atoms with van der Waals surface area (Å²) in [5.74, 6) is -0.265. The van der Waals surface area contributed by atoms with Gasteiger partial charge in [0.15, 0.2) is 5.75 Å². The van der Waals surface area contributed by atoms with Gasteiger partial charge in [0.2, 0.25) is 0 Å². The van der Waals surface area contributed by atoms with Crippen molar-refractivity contribution in [3.8, 4) is 5.75 Å². The van der Waals surface area contributed by atoms with Gasteiger partial charge < -0.3 is 20.6 Å². The first kappa shape index (κ1) is 11.7. The second-order valence-corrected chi connectivity index (χ2v) is 4.34. The Kier molecular flexibility index (Phi) is 3.19. The van der Waals surface area contributed by atoms with Crippen LogP contribution in [-0.2, 0) is 0 Å². The number of nitrogens with two attached hydrogens (primary N) is 1. The lowest BCUT2D eigenvalue weighted by Gasteiger charge is -2.32. The minimum absolute atomic E-state index is 0.114. The maximum Gasteiger partial charge on any atom is 0.257 e. The van der Waals surface area contributed by atoms with Gasteiger partial charge in [-0.3, -0.25) is 4.79 Å². The first-order valence-corrected chi connectivity index (χ1v) is 5.65. The first-order chi connectivity index (χ1) is 8.09. The average Bonchev–Trinajstić information content (AvgIpc) is 2.33. The van der Waals surface area contributed by atoms with Crippen molar-refractivity contribution in [2.75, 3.05) is 39.0 Å². The number of aromatic hydroxyl groups is 1. The average molecular weight is 235 g/mol. The van der Waals surface area contributed by atoms with Crippen LogP contribution in [0.2, 0.25) is 0 Å². The third-order valence-electron chi connectivity index (χ3n) is 3.09. The summed E-state index contributed by atoms with van der Waals surface area (Å²) in [6.45, 7) is 3.08. The number of hydrogen-bond acceptors (Lipinski definition) is 4. The highest BCUT2D eigenvalue weighted by Gasteiger charge is 2.22. The minimum Gasteiger partial charge on any atom is -0.505 e. The smallest absolute Gasteiger partial charge is 0.257 e. The number of benzene rings is 1. The van der Waals surface area contributed by atoms with E-state index in [1.54, 1.807) is 23.1 Å². The molecule has 5 heteroatoms. The summed E-state index contributed by atoms with van der Waals surface area (Å²) in [6, 6.07) is 4.86. The first-order valence-electron chi connectivity index (χ1n) is 5.65. The van der Waals surface area contributed by atoms with Gasteiger partial charge >= 0.3 is 0 Å². The fourth-order valence-corrected chi connectivity index (χ4v) is 1.91. The molecule has 1 aliphatic rings. The highest BCUT2D eigenvalue weighted by atomic mass is 16.3. The Morgan fingerprint density at radius 3 is 2.59 bits per heavy atom. The lowest BCUT2D eigenvalue weighted by atomic mass is 10.1. The third-order valence-corrected chi connectivity index (χ3v) is 3.09. The number of phenolic OH excluding ortho intramolecular Hbond substituents is 1. The molecule has 1 heterocycles. The van der Waals surface area contributed by atoms with E-state index in [1.165, 1.54) is 0 Å². The van der Waals surface area contributed by atoms with Gasteiger partial charge in [-0.05, 0) is 19.2 Å². The molecule has 1 aliphatic heterocycles. The number of carbonyl (C=O) groups excluding carboxylic acids is 1. The zero-order chi connectivity index (χ0) is 12.4. The van der Waals surface area contributed by atoms with Crippen molar-refractivity contribution in [1.29, 1.82) is 0 Å². The topological polar surface area (TPSA) is 69.8 Å². The van der Waals surface area contributed by atoms with Crippen molar-refractivity contribution < 1.29 is 9.90 Å². The maximum absolute atomic E-state index is 12.2. The summed E-state index contributed by atoms with van der Waals surface area (Å²) in [5.41, 5.74) is 6.11. The summed E-state index contributed by atoms with van der Waals surface area (Å²) < 4.78 is 0. The zero-order valence-electron chi connectivity index (χ0n) is 9.89. The highest BCUT2D eigenvalue weighted by Crippen LogP contribution is 2.25. The molecule has 1 aromatic rings. The summed E-state index contributed by atoms with van der Waals surface area (Å²) in [4.78, 5) is 16.1. The normalized spacial score (nSPS) is 17.1. The summed E-state index contributed by atoms with van der Waals surface area (Å²) in [7, 11) is 2.03. The Morgan fingerprint density at radius 2 is 1.94 bits per heavy atom. The molecule has 5 nitrogen and oxygen atoms in total. The van der Waals surface area contributed by atoms with Gasteiger partial charge in [-0.25, -0.2) is 0 Å². The second kappa shape index (κ2) is 4.63. The van der Waals surface area contributed by atoms with Gasteiger partial charge in [-0.2, -0.15) is 0 Å². The standard InChI is InChI=1S/C12H17N3O2/c1-14-5-7-15(8-6-14)12(17)9-3-2-4-10(13)11(9)16/h2-4,16H,5-8,13H2,1H3. The van der Waals surface area contributed by atoms with E-state index in [-0.39, 0.29) is 22.9 Å². The van der Waals surface area contributed by atoms with E-state index in [0.29, 0.717) is 13.1 Å². The Morgan fingerprint density at radius 1 is 1.29 bits per heavy atom. The van der Waals surface area contributed by atoms with Crippen LogP contribution in [0.4, 0.5) is 5.69 Å². The van der Waals surface area contributed by atoms with E-state index in [9.17, 15) is 9.90 Å². The van der Waals surface area contributed by atoms with Crippen LogP contribution in [0.15, 0.2) is 18.2 Å². The molecule has 0 saturated carbocycles. The Bertz CT molecular complexity index is 426. The lowest BCUT2D eigenvalue weighted by molar-refractivity contribution is 0.0661. The van der Waals surface area contributed by atoms with Crippen LogP contribution in [0.5, 0.6) is 5.75 Å². The molecular formula is C12H17N3O2. The van der Waals surface area contributed by atoms with Crippen molar-refractivity contribution >= 4 is 11.6 Å². The van der Waals surface area contributed by atoms with Crippen LogP contribution in [0.25, 0.3) is 0 Å². The molecule has 1 fully saturated rings. The number of piperazine rings is 1. The molecule has 0 atom stereocenters. The predicted octanol–water partition coefficient (Wildman–Crippen LogP) is 0.362. The molecule has 17 heavy (non-hydrogen) atoms. The van der Waals surface area contributed by atoms with Crippen molar-refractivity contribution in [2.45, 2.75) is 0 Å². The van der Waals surface area contributed by atoms with Gasteiger partial charge in [0, 0.05) is 26.2 Å². The number of amides is 1. The monoisotopic (exact) mass is 235 g/mol. The molecule has 0 aromatic heterocycles. The van der Waals surface area contributed by atoms with Crippen LogP contribution in [0.1, 0.15) is 10.4 Å². The molecule has 0 spiro atoms. The number of para-hydroxylation sites is 1. The quantitative estimate of drug-likeness (QED) is 0.545. The summed E-state index contributed by atoms with van der Waals surface area (Å²) in [6.07, 6.45) is 0. The summed E-state index contributed by atoms with van der Waals surface area (Å²) in [5, 5.41) is 9.77. The third kappa shape index (κ3) is 2.34. The lowest BCUT2D eigenvalue weighted by Crippen LogP contribution is -2.47. The fourth-order valence-electron chi connectivity index (χ4n) is 1.91. The van der Waals surface area contributed by atoms with Gasteiger partial charge in [0.05, 0.1) is 11.3 Å². The van der Waals surface area contributed by atoms with E-state index in [0.717, 1.165) is 13.1 Å². The van der Waals surface area contributed by atoms with E-state index >= 15 is 0 Å². The molecule has 0 radical (unpaired) electrons. The maximum atomic E-state index is 12.2. The Balaban J connectivity index is 2.17. The van der Waals surface area contributed by atoms with E-state index in [1.807, 2.05) is 7.05 Å².